The van der Waals surface area contributed by atoms with E-state index in [0.29, 0.717) is 58.0 Å². The third-order valence-corrected chi connectivity index (χ3v) is 9.20. The maximum absolute atomic E-state index is 14.0. The number of fused-ring (bicyclic) bond motifs is 3. The topological polar surface area (TPSA) is 132 Å². The number of halogens is 3. The van der Waals surface area contributed by atoms with Crippen LogP contribution in [0.4, 0.5) is 24.7 Å². The number of hydrogen-bond acceptors (Lipinski definition) is 7. The lowest BCUT2D eigenvalue weighted by Gasteiger charge is -2.27. The van der Waals surface area contributed by atoms with E-state index in [1.165, 1.54) is 11.8 Å². The number of pyridine rings is 2. The lowest BCUT2D eigenvalue weighted by Crippen LogP contribution is -2.46. The third-order valence-electron chi connectivity index (χ3n) is 9.20. The molecule has 0 radical (unpaired) electrons. The van der Waals surface area contributed by atoms with Gasteiger partial charge in [0.1, 0.15) is 24.1 Å². The molecule has 15 heteroatoms. The zero-order chi connectivity index (χ0) is 34.3. The van der Waals surface area contributed by atoms with Gasteiger partial charge in [-0.2, -0.15) is 18.3 Å². The molecule has 3 atom stereocenters. The molecule has 1 aliphatic heterocycles. The van der Waals surface area contributed by atoms with E-state index < -0.39 is 35.5 Å². The van der Waals surface area contributed by atoms with Crippen molar-refractivity contribution in [1.82, 2.24) is 34.0 Å². The fraction of sp³-hybridized carbons (Fsp3) is 0.333. The Labute approximate surface area is 271 Å². The summed E-state index contributed by atoms with van der Waals surface area (Å²) in [7, 11) is 0. The molecular formula is C33H28F3N9O3. The number of anilines is 1. The number of Topliss-reactive ketones (excluding diaryl/α,β-unsaturated/α-hetero) is 1. The highest BCUT2D eigenvalue weighted by atomic mass is 19.4. The molecule has 1 saturated heterocycles. The minimum absolute atomic E-state index is 0.211. The van der Waals surface area contributed by atoms with Crippen LogP contribution in [0.25, 0.3) is 32.7 Å². The van der Waals surface area contributed by atoms with Crippen molar-refractivity contribution in [2.45, 2.75) is 65.3 Å². The van der Waals surface area contributed by atoms with Gasteiger partial charge in [0.05, 0.1) is 29.2 Å². The average molecular weight is 656 g/mol. The molecule has 48 heavy (non-hydrogen) atoms. The van der Waals surface area contributed by atoms with Crippen molar-refractivity contribution in [2.24, 2.45) is 5.41 Å². The number of alkyl halides is 3. The first-order chi connectivity index (χ1) is 22.7. The second kappa shape index (κ2) is 10.7. The first-order valence-corrected chi connectivity index (χ1v) is 15.1. The average Bonchev–Trinajstić information content (AvgIpc) is 3.29. The van der Waals surface area contributed by atoms with Crippen LogP contribution >= 0.6 is 0 Å². The summed E-state index contributed by atoms with van der Waals surface area (Å²) in [4.78, 5) is 57.7. The zero-order valence-electron chi connectivity index (χ0n) is 26.3. The van der Waals surface area contributed by atoms with Crippen molar-refractivity contribution in [3.8, 4) is 11.3 Å². The highest BCUT2D eigenvalue weighted by Crippen LogP contribution is 2.59. The summed E-state index contributed by atoms with van der Waals surface area (Å²) in [6.45, 7) is 14.1. The molecule has 7 rings (SSSR count). The normalized spacial score (nSPS) is 20.2. The first-order valence-electron chi connectivity index (χ1n) is 15.1. The van der Waals surface area contributed by atoms with E-state index in [0.717, 1.165) is 11.8 Å². The van der Waals surface area contributed by atoms with Crippen LogP contribution in [0.2, 0.25) is 0 Å². The smallest absolute Gasteiger partial charge is 0.336 e. The van der Waals surface area contributed by atoms with E-state index >= 15 is 0 Å². The van der Waals surface area contributed by atoms with Gasteiger partial charge in [0.2, 0.25) is 17.5 Å². The number of likely N-dealkylation sites (tertiary alicyclic amines) is 1. The van der Waals surface area contributed by atoms with Crippen LogP contribution in [-0.2, 0) is 22.3 Å². The van der Waals surface area contributed by atoms with Gasteiger partial charge in [-0.1, -0.05) is 13.0 Å². The molecule has 1 N–H and O–H groups in total. The second-order valence-corrected chi connectivity index (χ2v) is 12.7. The predicted octanol–water partition coefficient (Wildman–Crippen LogP) is 5.55. The van der Waals surface area contributed by atoms with E-state index in [2.05, 4.69) is 25.2 Å². The molecule has 5 aromatic rings. The molecule has 0 bridgehead atoms. The molecule has 2 aliphatic rings. The number of piperidine rings is 1. The Hall–Kier alpha value is -5.65. The van der Waals surface area contributed by atoms with Crippen molar-refractivity contribution in [2.75, 3.05) is 5.32 Å². The van der Waals surface area contributed by atoms with Crippen LogP contribution in [0.3, 0.4) is 0 Å². The lowest BCUT2D eigenvalue weighted by molar-refractivity contribution is -0.141. The SMILES string of the molecule is [C-]#[N+]c1ccc(C(F)(F)F)nc1NC(=O)[C@@H]1C[C@@]2(C)C[C@H]2N1C(=O)Cn1cc(C(C)=O)c2cc(-c3cnc4cc(C)nn4c3)nc(C)c21. The molecule has 6 heterocycles. The first kappa shape index (κ1) is 31.0. The summed E-state index contributed by atoms with van der Waals surface area (Å²) in [6.07, 6.45) is 1.27. The summed E-state index contributed by atoms with van der Waals surface area (Å²) in [5.41, 5.74) is 2.44. The fourth-order valence-electron chi connectivity index (χ4n) is 6.78. The van der Waals surface area contributed by atoms with Gasteiger partial charge in [-0.3, -0.25) is 19.4 Å². The molecule has 1 saturated carbocycles. The lowest BCUT2D eigenvalue weighted by atomic mass is 10.0. The number of nitrogens with zero attached hydrogens (tertiary/aromatic N) is 8. The van der Waals surface area contributed by atoms with Crippen LogP contribution in [0.5, 0.6) is 0 Å². The van der Waals surface area contributed by atoms with Gasteiger partial charge in [-0.05, 0) is 51.2 Å². The van der Waals surface area contributed by atoms with Gasteiger partial charge in [-0.15, -0.1) is 0 Å². The Balaban J connectivity index is 1.20. The molecule has 0 spiro atoms. The Kier molecular flexibility index (Phi) is 6.90. The number of aromatic nitrogens is 6. The van der Waals surface area contributed by atoms with Gasteiger partial charge >= 0.3 is 6.18 Å². The summed E-state index contributed by atoms with van der Waals surface area (Å²) >= 11 is 0. The molecule has 5 aromatic heterocycles. The van der Waals surface area contributed by atoms with Gasteiger partial charge < -0.3 is 14.8 Å². The van der Waals surface area contributed by atoms with Crippen LogP contribution < -0.4 is 5.32 Å². The summed E-state index contributed by atoms with van der Waals surface area (Å²) in [5, 5.41) is 7.40. The quantitative estimate of drug-likeness (QED) is 0.188. The third kappa shape index (κ3) is 5.13. The number of carbonyl (C=O) groups is 3. The number of carbonyl (C=O) groups excluding carboxylic acids is 3. The number of aryl methyl sites for hydroxylation is 2. The minimum atomic E-state index is -4.78. The maximum atomic E-state index is 14.0. The van der Waals surface area contributed by atoms with Crippen LogP contribution in [0, 0.1) is 25.8 Å². The molecule has 2 fully saturated rings. The van der Waals surface area contributed by atoms with E-state index in [1.807, 2.05) is 19.9 Å². The summed E-state index contributed by atoms with van der Waals surface area (Å²) < 4.78 is 43.3. The van der Waals surface area contributed by atoms with E-state index in [1.54, 1.807) is 40.7 Å². The molecule has 12 nitrogen and oxygen atoms in total. The van der Waals surface area contributed by atoms with E-state index in [-0.39, 0.29) is 29.5 Å². The van der Waals surface area contributed by atoms with Crippen LogP contribution in [0.15, 0.2) is 42.9 Å². The molecule has 0 aromatic carbocycles. The predicted molar refractivity (Wildman–Crippen MR) is 167 cm³/mol. The maximum Gasteiger partial charge on any atom is 0.433 e. The van der Waals surface area contributed by atoms with Crippen molar-refractivity contribution in [1.29, 1.82) is 0 Å². The van der Waals surface area contributed by atoms with Crippen LogP contribution in [0.1, 0.15) is 54.1 Å². The Morgan fingerprint density at radius 3 is 2.60 bits per heavy atom. The molecule has 2 amide bonds. The van der Waals surface area contributed by atoms with Gasteiger partial charge in [0, 0.05) is 47.2 Å². The van der Waals surface area contributed by atoms with Crippen molar-refractivity contribution in [3.05, 3.63) is 76.9 Å². The summed E-state index contributed by atoms with van der Waals surface area (Å²) in [6, 6.07) is 4.01. The fourth-order valence-corrected chi connectivity index (χ4v) is 6.78. The number of rotatable bonds is 6. The second-order valence-electron chi connectivity index (χ2n) is 12.7. The zero-order valence-corrected chi connectivity index (χ0v) is 26.3. The highest BCUT2D eigenvalue weighted by Gasteiger charge is 2.64. The largest absolute Gasteiger partial charge is 0.433 e. The number of amides is 2. The van der Waals surface area contributed by atoms with Gasteiger partial charge in [-0.25, -0.2) is 19.3 Å². The highest BCUT2D eigenvalue weighted by molar-refractivity contribution is 6.08. The Morgan fingerprint density at radius 1 is 1.12 bits per heavy atom. The molecule has 0 unspecified atom stereocenters. The number of nitrogens with one attached hydrogen (secondary N) is 1. The Morgan fingerprint density at radius 2 is 1.90 bits per heavy atom. The minimum Gasteiger partial charge on any atom is -0.336 e. The number of ketones is 1. The summed E-state index contributed by atoms with van der Waals surface area (Å²) in [5.74, 6) is -1.85. The van der Waals surface area contributed by atoms with Crippen molar-refractivity contribution >= 4 is 45.7 Å². The van der Waals surface area contributed by atoms with Crippen molar-refractivity contribution < 1.29 is 27.6 Å². The molecule has 1 aliphatic carbocycles. The van der Waals surface area contributed by atoms with E-state index in [4.69, 9.17) is 11.6 Å². The van der Waals surface area contributed by atoms with Gasteiger partial charge in [0.15, 0.2) is 11.4 Å². The van der Waals surface area contributed by atoms with Crippen molar-refractivity contribution in [3.63, 3.8) is 0 Å². The van der Waals surface area contributed by atoms with Gasteiger partial charge in [0.25, 0.3) is 0 Å². The van der Waals surface area contributed by atoms with E-state index in [9.17, 15) is 27.6 Å². The molecular weight excluding hydrogens is 627 g/mol. The van der Waals surface area contributed by atoms with Crippen LogP contribution in [-0.4, -0.2) is 63.7 Å². The molecule has 244 valence electrons. The standard InChI is InChI=1S/C33H28F3N9O3/c1-16-8-27-38-12-19(13-44(27)42-16)23-9-20-21(18(3)46)14-43(29(20)17(2)39-23)15-28(47)45-24(10-32(4)11-26(32)45)31(48)41-30-22(37-5)6-7-25(40-30)33(34,35)36/h6-9,12-14,24,26H,10-11,15H2,1-4H3,(H,40,41,48)/t24-,26+,32-/m0/s1. The number of hydrogen-bond donors (Lipinski definition) is 1. The Bertz CT molecular complexity index is 2250. The monoisotopic (exact) mass is 655 g/mol.